The second kappa shape index (κ2) is 10.6. The number of halogens is 1. The fourth-order valence-electron chi connectivity index (χ4n) is 4.11. The molecule has 0 radical (unpaired) electrons. The van der Waals surface area contributed by atoms with Crippen molar-refractivity contribution in [1.82, 2.24) is 5.32 Å². The second-order valence-corrected chi connectivity index (χ2v) is 8.31. The fourth-order valence-corrected chi connectivity index (χ4v) is 4.11. The van der Waals surface area contributed by atoms with E-state index in [-0.39, 0.29) is 35.9 Å². The zero-order chi connectivity index (χ0) is 21.5. The van der Waals surface area contributed by atoms with Gasteiger partial charge in [0.05, 0.1) is 5.92 Å². The second-order valence-electron chi connectivity index (χ2n) is 8.31. The Morgan fingerprint density at radius 1 is 1.23 bits per heavy atom. The van der Waals surface area contributed by atoms with E-state index in [1.807, 2.05) is 0 Å². The van der Waals surface area contributed by atoms with Gasteiger partial charge in [-0.2, -0.15) is 0 Å². The van der Waals surface area contributed by atoms with Crippen LogP contribution >= 0.6 is 0 Å². The predicted octanol–water partition coefficient (Wildman–Crippen LogP) is 3.80. The van der Waals surface area contributed by atoms with Crippen LogP contribution in [0.2, 0.25) is 0 Å². The zero-order valence-electron chi connectivity index (χ0n) is 17.5. The van der Waals surface area contributed by atoms with E-state index in [2.05, 4.69) is 5.32 Å². The molecule has 2 aliphatic heterocycles. The van der Waals surface area contributed by atoms with E-state index in [1.54, 1.807) is 25.1 Å². The highest BCUT2D eigenvalue weighted by molar-refractivity contribution is 5.90. The Morgan fingerprint density at radius 2 is 2.00 bits per heavy atom. The van der Waals surface area contributed by atoms with Gasteiger partial charge in [-0.3, -0.25) is 9.59 Å². The summed E-state index contributed by atoms with van der Waals surface area (Å²) < 4.78 is 20.0. The maximum atomic E-state index is 14.6. The zero-order valence-corrected chi connectivity index (χ0v) is 17.5. The first-order valence-electron chi connectivity index (χ1n) is 10.8. The normalized spacial score (nSPS) is 21.4. The van der Waals surface area contributed by atoms with Gasteiger partial charge in [-0.15, -0.1) is 0 Å². The number of piperidine rings is 1. The van der Waals surface area contributed by atoms with Crippen LogP contribution in [0.25, 0.3) is 0 Å². The number of carbonyl (C=O) groups is 3. The number of benzene rings is 1. The average molecular weight is 416 g/mol. The van der Waals surface area contributed by atoms with Crippen LogP contribution in [0.4, 0.5) is 4.39 Å². The lowest BCUT2D eigenvalue weighted by atomic mass is 9.92. The standard InChI is InChI=1S/C24H30FNO4/c1-16(27)3-2-4-21-15-22(24(29)30-21)19-6-5-18(23(25)14-19)7-8-20(28)13-17-9-11-26-12-10-17/h5-6,13-14,21-22,26H,2-4,7-12,15H2,1H3/t21-,22?/m0/s1. The first-order valence-corrected chi connectivity index (χ1v) is 10.8. The molecular weight excluding hydrogens is 385 g/mol. The number of hydrogen-bond acceptors (Lipinski definition) is 5. The monoisotopic (exact) mass is 415 g/mol. The molecule has 1 aromatic carbocycles. The van der Waals surface area contributed by atoms with Gasteiger partial charge in [0.25, 0.3) is 0 Å². The van der Waals surface area contributed by atoms with Crippen LogP contribution in [0.1, 0.15) is 68.9 Å². The van der Waals surface area contributed by atoms with E-state index in [0.29, 0.717) is 43.2 Å². The van der Waals surface area contributed by atoms with Gasteiger partial charge < -0.3 is 14.8 Å². The minimum Gasteiger partial charge on any atom is -0.462 e. The minimum atomic E-state index is -0.470. The van der Waals surface area contributed by atoms with Crippen molar-refractivity contribution in [2.24, 2.45) is 0 Å². The Morgan fingerprint density at radius 3 is 2.70 bits per heavy atom. The Labute approximate surface area is 177 Å². The molecule has 2 atom stereocenters. The van der Waals surface area contributed by atoms with Gasteiger partial charge in [-0.25, -0.2) is 4.39 Å². The van der Waals surface area contributed by atoms with Gasteiger partial charge in [-0.05, 0) is 75.4 Å². The van der Waals surface area contributed by atoms with Crippen LogP contribution in [0.15, 0.2) is 29.8 Å². The summed E-state index contributed by atoms with van der Waals surface area (Å²) in [5.41, 5.74) is 2.26. The van der Waals surface area contributed by atoms with E-state index in [0.717, 1.165) is 31.5 Å². The van der Waals surface area contributed by atoms with Crippen LogP contribution in [-0.4, -0.2) is 36.7 Å². The summed E-state index contributed by atoms with van der Waals surface area (Å²) in [5.74, 6) is -1.04. The Bertz CT molecular complexity index is 824. The van der Waals surface area contributed by atoms with Crippen LogP contribution in [0.5, 0.6) is 0 Å². The molecule has 5 nitrogen and oxygen atoms in total. The van der Waals surface area contributed by atoms with Gasteiger partial charge >= 0.3 is 5.97 Å². The molecule has 0 saturated carbocycles. The number of rotatable bonds is 9. The van der Waals surface area contributed by atoms with Crippen LogP contribution in [0, 0.1) is 5.82 Å². The quantitative estimate of drug-likeness (QED) is 0.491. The number of aryl methyl sites for hydroxylation is 1. The molecule has 1 aromatic rings. The van der Waals surface area contributed by atoms with Crippen molar-refractivity contribution in [2.45, 2.75) is 70.3 Å². The van der Waals surface area contributed by atoms with Gasteiger partial charge in [0.15, 0.2) is 5.78 Å². The number of hydrogen-bond donors (Lipinski definition) is 1. The molecule has 162 valence electrons. The van der Waals surface area contributed by atoms with Gasteiger partial charge in [-0.1, -0.05) is 17.7 Å². The van der Waals surface area contributed by atoms with Gasteiger partial charge in [0.2, 0.25) is 0 Å². The molecule has 1 N–H and O–H groups in total. The van der Waals surface area contributed by atoms with E-state index in [9.17, 15) is 18.8 Å². The third kappa shape index (κ3) is 6.33. The average Bonchev–Trinajstić information content (AvgIpc) is 3.08. The first-order chi connectivity index (χ1) is 14.4. The molecular formula is C24H30FNO4. The summed E-state index contributed by atoms with van der Waals surface area (Å²) >= 11 is 0. The largest absolute Gasteiger partial charge is 0.462 e. The van der Waals surface area contributed by atoms with Crippen LogP contribution < -0.4 is 5.32 Å². The summed E-state index contributed by atoms with van der Waals surface area (Å²) in [6.07, 6.45) is 6.23. The first kappa shape index (κ1) is 22.3. The van der Waals surface area contributed by atoms with E-state index in [4.69, 9.17) is 4.74 Å². The molecule has 0 aliphatic carbocycles. The van der Waals surface area contributed by atoms with Gasteiger partial charge in [0, 0.05) is 19.3 Å². The number of ketones is 2. The number of allylic oxidation sites excluding steroid dienone is 1. The third-order valence-electron chi connectivity index (χ3n) is 5.85. The van der Waals surface area contributed by atoms with Crippen molar-refractivity contribution in [1.29, 1.82) is 0 Å². The number of esters is 1. The molecule has 30 heavy (non-hydrogen) atoms. The van der Waals surface area contributed by atoms with Crippen LogP contribution in [0.3, 0.4) is 0 Å². The Balaban J connectivity index is 1.54. The van der Waals surface area contributed by atoms with Gasteiger partial charge in [0.1, 0.15) is 17.7 Å². The lowest BCUT2D eigenvalue weighted by molar-refractivity contribution is -0.142. The molecule has 2 fully saturated rings. The lowest BCUT2D eigenvalue weighted by Gasteiger charge is -2.14. The van der Waals surface area contributed by atoms with Crippen molar-refractivity contribution >= 4 is 17.5 Å². The summed E-state index contributed by atoms with van der Waals surface area (Å²) in [5, 5.41) is 3.25. The van der Waals surface area contributed by atoms with Crippen molar-refractivity contribution < 1.29 is 23.5 Å². The topological polar surface area (TPSA) is 72.5 Å². The molecule has 2 heterocycles. The smallest absolute Gasteiger partial charge is 0.313 e. The highest BCUT2D eigenvalue weighted by atomic mass is 19.1. The summed E-state index contributed by atoms with van der Waals surface area (Å²) in [7, 11) is 0. The highest BCUT2D eigenvalue weighted by Gasteiger charge is 2.35. The maximum Gasteiger partial charge on any atom is 0.313 e. The van der Waals surface area contributed by atoms with Crippen molar-refractivity contribution in [2.75, 3.05) is 13.1 Å². The van der Waals surface area contributed by atoms with E-state index >= 15 is 0 Å². The summed E-state index contributed by atoms with van der Waals surface area (Å²) in [4.78, 5) is 35.4. The molecule has 2 saturated heterocycles. The molecule has 0 bridgehead atoms. The van der Waals surface area contributed by atoms with Crippen molar-refractivity contribution in [3.05, 3.63) is 46.8 Å². The summed E-state index contributed by atoms with van der Waals surface area (Å²) in [6.45, 7) is 3.35. The molecule has 3 rings (SSSR count). The number of nitrogens with one attached hydrogen (secondary N) is 1. The Kier molecular flexibility index (Phi) is 7.91. The lowest BCUT2D eigenvalue weighted by Crippen LogP contribution is -2.23. The molecule has 6 heteroatoms. The number of ether oxygens (including phenoxy) is 1. The number of Topliss-reactive ketones (excluding diaryl/α,β-unsaturated/α-hetero) is 1. The molecule has 1 unspecified atom stereocenters. The summed E-state index contributed by atoms with van der Waals surface area (Å²) in [6, 6.07) is 4.83. The molecule has 0 aromatic heterocycles. The van der Waals surface area contributed by atoms with Crippen LogP contribution in [-0.2, 0) is 25.5 Å². The van der Waals surface area contributed by atoms with Crippen molar-refractivity contribution in [3.8, 4) is 0 Å². The molecule has 0 amide bonds. The molecule has 2 aliphatic rings. The SMILES string of the molecule is CC(=O)CCC[C@H]1CC(c2ccc(CCC(=O)C=C3CCNCC3)c(F)c2)C(=O)O1. The highest BCUT2D eigenvalue weighted by Crippen LogP contribution is 2.33. The van der Waals surface area contributed by atoms with Crippen molar-refractivity contribution in [3.63, 3.8) is 0 Å². The van der Waals surface area contributed by atoms with E-state index in [1.165, 1.54) is 6.07 Å². The number of cyclic esters (lactones) is 1. The number of carbonyl (C=O) groups excluding carboxylic acids is 3. The molecule has 0 spiro atoms. The minimum absolute atomic E-state index is 0.0307. The van der Waals surface area contributed by atoms with E-state index < -0.39 is 5.92 Å². The third-order valence-corrected chi connectivity index (χ3v) is 5.85. The maximum absolute atomic E-state index is 14.6. The predicted molar refractivity (Wildman–Crippen MR) is 112 cm³/mol. The fraction of sp³-hybridized carbons (Fsp3) is 0.542. The Hall–Kier alpha value is -2.34.